The zero-order chi connectivity index (χ0) is 21.3. The van der Waals surface area contributed by atoms with E-state index < -0.39 is 0 Å². The first-order valence-corrected chi connectivity index (χ1v) is 11.3. The molecule has 1 fully saturated rings. The summed E-state index contributed by atoms with van der Waals surface area (Å²) in [6, 6.07) is 6.25. The topological polar surface area (TPSA) is 63.5 Å². The number of aryl methyl sites for hydroxylation is 2. The third kappa shape index (κ3) is 4.40. The number of ether oxygens (including phenoxy) is 1. The number of aromatic nitrogens is 3. The van der Waals surface area contributed by atoms with Crippen LogP contribution in [0.4, 0.5) is 5.13 Å². The van der Waals surface area contributed by atoms with Gasteiger partial charge < -0.3 is 4.74 Å². The predicted octanol–water partition coefficient (Wildman–Crippen LogP) is 3.67. The predicted molar refractivity (Wildman–Crippen MR) is 121 cm³/mol. The van der Waals surface area contributed by atoms with E-state index in [1.165, 1.54) is 11.1 Å². The molecule has 1 aromatic carbocycles. The Morgan fingerprint density at radius 3 is 2.73 bits per heavy atom. The number of carbonyl (C=O) groups excluding carboxylic acids is 1. The molecule has 1 aliphatic rings. The van der Waals surface area contributed by atoms with Gasteiger partial charge in [0.05, 0.1) is 23.4 Å². The van der Waals surface area contributed by atoms with E-state index in [9.17, 15) is 4.79 Å². The summed E-state index contributed by atoms with van der Waals surface area (Å²) < 4.78 is 8.40. The van der Waals surface area contributed by atoms with Crippen molar-refractivity contribution >= 4 is 32.6 Å². The van der Waals surface area contributed by atoms with Gasteiger partial charge in [-0.05, 0) is 51.0 Å². The molecule has 0 unspecified atom stereocenters. The van der Waals surface area contributed by atoms with E-state index in [1.54, 1.807) is 22.3 Å². The molecule has 4 rings (SSSR count). The van der Waals surface area contributed by atoms with Crippen molar-refractivity contribution in [3.05, 3.63) is 41.2 Å². The van der Waals surface area contributed by atoms with Crippen molar-refractivity contribution in [3.8, 4) is 0 Å². The van der Waals surface area contributed by atoms with Gasteiger partial charge in [-0.3, -0.25) is 19.3 Å². The average Bonchev–Trinajstić information content (AvgIpc) is 3.36. The number of nitrogens with zero attached hydrogens (tertiary/aromatic N) is 5. The molecule has 1 saturated heterocycles. The first-order chi connectivity index (χ1) is 14.4. The molecule has 8 heteroatoms. The minimum atomic E-state index is -0.101. The normalized spacial score (nSPS) is 15.2. The summed E-state index contributed by atoms with van der Waals surface area (Å²) in [7, 11) is 0. The lowest BCUT2D eigenvalue weighted by molar-refractivity contribution is 0.0391. The highest BCUT2D eigenvalue weighted by atomic mass is 32.1. The second kappa shape index (κ2) is 8.83. The van der Waals surface area contributed by atoms with Crippen LogP contribution in [0.1, 0.15) is 41.5 Å². The standard InChI is InChI=1S/C22H29N5O2S/c1-15(2)27-6-5-18(24-27)21(28)26(8-7-25-9-11-29-12-10-25)22-23-19-14-16(3)13-17(4)20(19)30-22/h5-6,13-15H,7-12H2,1-4H3. The second-order valence-electron chi connectivity index (χ2n) is 8.11. The van der Waals surface area contributed by atoms with Crippen LogP contribution in [0.3, 0.4) is 0 Å². The van der Waals surface area contributed by atoms with Crippen LogP contribution >= 0.6 is 11.3 Å². The molecule has 1 aliphatic heterocycles. The third-order valence-electron chi connectivity index (χ3n) is 5.38. The zero-order valence-corrected chi connectivity index (χ0v) is 18.9. The van der Waals surface area contributed by atoms with Crippen LogP contribution in [0, 0.1) is 13.8 Å². The molecule has 0 N–H and O–H groups in total. The Labute approximate surface area is 181 Å². The quantitative estimate of drug-likeness (QED) is 0.601. The maximum atomic E-state index is 13.5. The van der Waals surface area contributed by atoms with Crippen LogP contribution in [0.2, 0.25) is 0 Å². The first-order valence-electron chi connectivity index (χ1n) is 10.5. The van der Waals surface area contributed by atoms with Crippen LogP contribution in [-0.4, -0.2) is 65.0 Å². The van der Waals surface area contributed by atoms with Crippen LogP contribution in [0.25, 0.3) is 10.2 Å². The monoisotopic (exact) mass is 427 g/mol. The average molecular weight is 428 g/mol. The van der Waals surface area contributed by atoms with Crippen molar-refractivity contribution in [2.45, 2.75) is 33.7 Å². The van der Waals surface area contributed by atoms with E-state index in [0.29, 0.717) is 12.2 Å². The van der Waals surface area contributed by atoms with E-state index >= 15 is 0 Å². The van der Waals surface area contributed by atoms with Crippen molar-refractivity contribution in [2.75, 3.05) is 44.3 Å². The molecule has 0 saturated carbocycles. The van der Waals surface area contributed by atoms with Crippen molar-refractivity contribution < 1.29 is 9.53 Å². The molecule has 0 bridgehead atoms. The summed E-state index contributed by atoms with van der Waals surface area (Å²) in [6.45, 7) is 12.9. The number of rotatable bonds is 6. The summed E-state index contributed by atoms with van der Waals surface area (Å²) in [5.74, 6) is -0.101. The molecule has 0 atom stereocenters. The second-order valence-corrected chi connectivity index (χ2v) is 9.09. The lowest BCUT2D eigenvalue weighted by Crippen LogP contribution is -2.43. The van der Waals surface area contributed by atoms with Gasteiger partial charge >= 0.3 is 0 Å². The number of anilines is 1. The molecule has 7 nitrogen and oxygen atoms in total. The van der Waals surface area contributed by atoms with Crippen LogP contribution in [-0.2, 0) is 4.74 Å². The van der Waals surface area contributed by atoms with Gasteiger partial charge in [0.25, 0.3) is 5.91 Å². The number of morpholine rings is 1. The molecule has 160 valence electrons. The number of hydrogen-bond acceptors (Lipinski definition) is 6. The number of carbonyl (C=O) groups is 1. The molecule has 1 amide bonds. The maximum Gasteiger partial charge on any atom is 0.280 e. The Kier molecular flexibility index (Phi) is 6.17. The summed E-state index contributed by atoms with van der Waals surface area (Å²) in [4.78, 5) is 22.4. The molecular weight excluding hydrogens is 398 g/mol. The van der Waals surface area contributed by atoms with E-state index in [0.717, 1.165) is 48.2 Å². The first kappa shape index (κ1) is 21.0. The highest BCUT2D eigenvalue weighted by Crippen LogP contribution is 2.32. The molecule has 3 aromatic rings. The molecule has 0 aliphatic carbocycles. The van der Waals surface area contributed by atoms with Crippen molar-refractivity contribution in [3.63, 3.8) is 0 Å². The number of thiazole rings is 1. The fourth-order valence-corrected chi connectivity index (χ4v) is 4.75. The van der Waals surface area contributed by atoms with Crippen LogP contribution < -0.4 is 4.90 Å². The Bertz CT molecular complexity index is 1040. The number of amides is 1. The molecule has 30 heavy (non-hydrogen) atoms. The molecule has 0 spiro atoms. The molecule has 3 heterocycles. The fourth-order valence-electron chi connectivity index (χ4n) is 3.71. The third-order valence-corrected chi connectivity index (χ3v) is 6.61. The largest absolute Gasteiger partial charge is 0.379 e. The highest BCUT2D eigenvalue weighted by molar-refractivity contribution is 7.22. The smallest absolute Gasteiger partial charge is 0.280 e. The van der Waals surface area contributed by atoms with Crippen LogP contribution in [0.15, 0.2) is 24.4 Å². The van der Waals surface area contributed by atoms with Gasteiger partial charge in [0.15, 0.2) is 10.8 Å². The van der Waals surface area contributed by atoms with Crippen LogP contribution in [0.5, 0.6) is 0 Å². The van der Waals surface area contributed by atoms with Gasteiger partial charge in [-0.15, -0.1) is 0 Å². The zero-order valence-electron chi connectivity index (χ0n) is 18.1. The minimum Gasteiger partial charge on any atom is -0.379 e. The van der Waals surface area contributed by atoms with Gasteiger partial charge in [0.1, 0.15) is 0 Å². The van der Waals surface area contributed by atoms with Crippen molar-refractivity contribution in [1.82, 2.24) is 19.7 Å². The van der Waals surface area contributed by atoms with Gasteiger partial charge in [0, 0.05) is 38.4 Å². The summed E-state index contributed by atoms with van der Waals surface area (Å²) in [6.07, 6.45) is 1.86. The number of benzene rings is 1. The van der Waals surface area contributed by atoms with E-state index in [4.69, 9.17) is 9.72 Å². The molecule has 2 aromatic heterocycles. The molecule has 0 radical (unpaired) electrons. The minimum absolute atomic E-state index is 0.101. The van der Waals surface area contributed by atoms with Gasteiger partial charge in [-0.25, -0.2) is 4.98 Å². The fraction of sp³-hybridized carbons (Fsp3) is 0.500. The van der Waals surface area contributed by atoms with Crippen molar-refractivity contribution in [1.29, 1.82) is 0 Å². The summed E-state index contributed by atoms with van der Waals surface area (Å²) >= 11 is 1.58. The van der Waals surface area contributed by atoms with E-state index in [-0.39, 0.29) is 11.9 Å². The maximum absolute atomic E-state index is 13.5. The Balaban J connectivity index is 1.65. The Morgan fingerprint density at radius 1 is 1.27 bits per heavy atom. The number of hydrogen-bond donors (Lipinski definition) is 0. The SMILES string of the molecule is Cc1cc(C)c2sc(N(CCN3CCOCC3)C(=O)c3ccn(C(C)C)n3)nc2c1. The molecular formula is C22H29N5O2S. The van der Waals surface area contributed by atoms with Gasteiger partial charge in [0.2, 0.25) is 0 Å². The van der Waals surface area contributed by atoms with Gasteiger partial charge in [-0.1, -0.05) is 17.4 Å². The Hall–Kier alpha value is -2.29. The highest BCUT2D eigenvalue weighted by Gasteiger charge is 2.25. The Morgan fingerprint density at radius 2 is 2.03 bits per heavy atom. The lowest BCUT2D eigenvalue weighted by atomic mass is 10.1. The summed E-state index contributed by atoms with van der Waals surface area (Å²) in [5, 5.41) is 5.24. The van der Waals surface area contributed by atoms with Gasteiger partial charge in [-0.2, -0.15) is 5.10 Å². The number of fused-ring (bicyclic) bond motifs is 1. The summed E-state index contributed by atoms with van der Waals surface area (Å²) in [5.41, 5.74) is 3.78. The van der Waals surface area contributed by atoms with E-state index in [2.05, 4.69) is 49.8 Å². The van der Waals surface area contributed by atoms with E-state index in [1.807, 2.05) is 10.9 Å². The lowest BCUT2D eigenvalue weighted by Gasteiger charge is -2.29. The van der Waals surface area contributed by atoms with Crippen molar-refractivity contribution in [2.24, 2.45) is 0 Å².